The molecule has 0 N–H and O–H groups in total. The molecule has 2 fully saturated rings. The molecule has 318 valence electrons. The molecule has 9 heteroatoms. The molecule has 3 aromatic carbocycles. The highest BCUT2D eigenvalue weighted by Crippen LogP contribution is 2.49. The second-order valence-electron chi connectivity index (χ2n) is 17.1. The van der Waals surface area contributed by atoms with Crippen LogP contribution in [-0.2, 0) is 19.5 Å². The van der Waals surface area contributed by atoms with Gasteiger partial charge in [-0.05, 0) is 147 Å². The van der Waals surface area contributed by atoms with Crippen molar-refractivity contribution < 1.29 is 14.2 Å². The van der Waals surface area contributed by atoms with Gasteiger partial charge in [0.25, 0.3) is 0 Å². The van der Waals surface area contributed by atoms with Gasteiger partial charge < -0.3 is 24.0 Å². The van der Waals surface area contributed by atoms with E-state index in [2.05, 4.69) is 129 Å². The van der Waals surface area contributed by atoms with Crippen molar-refractivity contribution in [1.29, 1.82) is 0 Å². The third-order valence-corrected chi connectivity index (χ3v) is 13.2. The second-order valence-corrected chi connectivity index (χ2v) is 18.7. The minimum atomic E-state index is 0.355. The molecule has 0 spiro atoms. The Bertz CT molecular complexity index is 2200. The monoisotopic (exact) mass is 827 g/mol. The fraction of sp³-hybridized carbons (Fsp3) is 0.451. The molecule has 2 aliphatic rings. The molecule has 1 aliphatic heterocycles. The summed E-state index contributed by atoms with van der Waals surface area (Å²) in [6, 6.07) is 27.3. The number of piperidine rings is 1. The summed E-state index contributed by atoms with van der Waals surface area (Å²) in [7, 11) is 7.46. The molecule has 3 heterocycles. The number of pyridine rings is 2. The molecule has 2 aromatic heterocycles. The van der Waals surface area contributed by atoms with Gasteiger partial charge in [0.15, 0.2) is 0 Å². The number of rotatable bonds is 18. The van der Waals surface area contributed by atoms with E-state index in [0.29, 0.717) is 23.3 Å². The predicted octanol–water partition coefficient (Wildman–Crippen LogP) is 11.7. The summed E-state index contributed by atoms with van der Waals surface area (Å²) in [5, 5.41) is 0.495. The lowest BCUT2D eigenvalue weighted by Gasteiger charge is -2.40. The van der Waals surface area contributed by atoms with Gasteiger partial charge in [0.05, 0.1) is 43.3 Å². The fourth-order valence-corrected chi connectivity index (χ4v) is 9.67. The SMILES string of the molecule is CCCc1cc(-c2cc(CN(c3ccc(OC)cc3)C3CCN(Cc4ccnc(-c5cc(OC)c(SC(C)C)c(C6CC6)c5)c4)CC3)ccn2)cc(OC)c1N(C)C(C)C. The highest BCUT2D eigenvalue weighted by Gasteiger charge is 2.30. The highest BCUT2D eigenvalue weighted by atomic mass is 32.2. The van der Waals surface area contributed by atoms with Crippen LogP contribution in [0.15, 0.2) is 90.1 Å². The molecule has 60 heavy (non-hydrogen) atoms. The largest absolute Gasteiger partial charge is 0.497 e. The van der Waals surface area contributed by atoms with Crippen molar-refractivity contribution in [3.63, 3.8) is 0 Å². The number of aromatic nitrogens is 2. The molecule has 0 bridgehead atoms. The predicted molar refractivity (Wildman–Crippen MR) is 250 cm³/mol. The zero-order valence-electron chi connectivity index (χ0n) is 37.3. The number of benzene rings is 3. The summed E-state index contributed by atoms with van der Waals surface area (Å²) >= 11 is 1.91. The van der Waals surface area contributed by atoms with Gasteiger partial charge in [-0.25, -0.2) is 0 Å². The number of methoxy groups -OCH3 is 3. The molecule has 1 aliphatic carbocycles. The van der Waals surface area contributed by atoms with Crippen molar-refractivity contribution in [3.8, 4) is 39.8 Å². The average molecular weight is 828 g/mol. The van der Waals surface area contributed by atoms with E-state index in [4.69, 9.17) is 24.2 Å². The summed E-state index contributed by atoms with van der Waals surface area (Å²) in [6.07, 6.45) is 10.6. The lowest BCUT2D eigenvalue weighted by molar-refractivity contribution is 0.201. The Kier molecular flexibility index (Phi) is 14.3. The first-order valence-corrected chi connectivity index (χ1v) is 22.8. The van der Waals surface area contributed by atoms with E-state index < -0.39 is 0 Å². The number of hydrogen-bond acceptors (Lipinski definition) is 9. The Labute approximate surface area is 363 Å². The number of ether oxygens (including phenoxy) is 3. The molecule has 0 atom stereocenters. The standard InChI is InChI=1S/C51H65N5O3S/c1-10-11-39-28-40(30-48(58-8)50(39)54(6)34(2)3)46-27-37(19-23-52-46)33-56(42-14-16-44(57-7)17-15-42)43-20-24-55(25-21-43)32-36-18-22-53-47(26-36)41-29-45(38-12-13-38)51(60-35(4)5)49(31-41)59-9/h14-19,22-23,26-31,34-35,38,43H,10-13,20-21,24-25,32-33H2,1-9H3. The first kappa shape index (κ1) is 43.4. The van der Waals surface area contributed by atoms with Crippen molar-refractivity contribution in [2.75, 3.05) is 51.3 Å². The van der Waals surface area contributed by atoms with Crippen LogP contribution in [0.2, 0.25) is 0 Å². The Hall–Kier alpha value is -4.73. The number of anilines is 2. The molecule has 7 rings (SSSR count). The number of thioether (sulfide) groups is 1. The number of hydrogen-bond donors (Lipinski definition) is 0. The molecule has 5 aromatic rings. The maximum Gasteiger partial charge on any atom is 0.143 e. The van der Waals surface area contributed by atoms with Crippen LogP contribution in [0.25, 0.3) is 22.5 Å². The number of nitrogens with zero attached hydrogens (tertiary/aromatic N) is 5. The molecular formula is C51H65N5O3S. The highest BCUT2D eigenvalue weighted by molar-refractivity contribution is 8.00. The summed E-state index contributed by atoms with van der Waals surface area (Å²) in [6.45, 7) is 14.9. The molecule has 8 nitrogen and oxygen atoms in total. The van der Waals surface area contributed by atoms with E-state index >= 15 is 0 Å². The Morgan fingerprint density at radius 3 is 1.98 bits per heavy atom. The summed E-state index contributed by atoms with van der Waals surface area (Å²) in [5.41, 5.74) is 11.8. The minimum absolute atomic E-state index is 0.355. The van der Waals surface area contributed by atoms with Crippen LogP contribution in [0.3, 0.4) is 0 Å². The van der Waals surface area contributed by atoms with Gasteiger partial charge in [-0.2, -0.15) is 0 Å². The van der Waals surface area contributed by atoms with Crippen molar-refractivity contribution in [1.82, 2.24) is 14.9 Å². The molecule has 1 saturated carbocycles. The molecule has 0 unspecified atom stereocenters. The lowest BCUT2D eigenvalue weighted by atomic mass is 9.98. The van der Waals surface area contributed by atoms with E-state index in [1.165, 1.54) is 51.4 Å². The van der Waals surface area contributed by atoms with E-state index in [1.807, 2.05) is 24.2 Å². The van der Waals surface area contributed by atoms with Crippen LogP contribution in [0.5, 0.6) is 17.2 Å². The van der Waals surface area contributed by atoms with Gasteiger partial charge in [-0.1, -0.05) is 27.2 Å². The number of likely N-dealkylation sites (tertiary alicyclic amines) is 1. The fourth-order valence-electron chi connectivity index (χ4n) is 8.58. The minimum Gasteiger partial charge on any atom is -0.497 e. The van der Waals surface area contributed by atoms with Crippen molar-refractivity contribution >= 4 is 23.1 Å². The van der Waals surface area contributed by atoms with Crippen LogP contribution in [-0.4, -0.2) is 73.7 Å². The smallest absolute Gasteiger partial charge is 0.143 e. The maximum absolute atomic E-state index is 6.03. The van der Waals surface area contributed by atoms with E-state index in [9.17, 15) is 0 Å². The summed E-state index contributed by atoms with van der Waals surface area (Å²) in [5.74, 6) is 3.36. The van der Waals surface area contributed by atoms with E-state index in [-0.39, 0.29) is 0 Å². The van der Waals surface area contributed by atoms with Gasteiger partial charge in [-0.3, -0.25) is 14.9 Å². The first-order chi connectivity index (χ1) is 29.1. The topological polar surface area (TPSA) is 63.2 Å². The normalized spacial score (nSPS) is 14.8. The van der Waals surface area contributed by atoms with E-state index in [1.54, 1.807) is 21.3 Å². The lowest BCUT2D eigenvalue weighted by Crippen LogP contribution is -2.44. The molecular weight excluding hydrogens is 763 g/mol. The second kappa shape index (κ2) is 19.8. The summed E-state index contributed by atoms with van der Waals surface area (Å²) < 4.78 is 17.6. The zero-order valence-corrected chi connectivity index (χ0v) is 38.1. The summed E-state index contributed by atoms with van der Waals surface area (Å²) in [4.78, 5) is 18.6. The Balaban J connectivity index is 1.09. The van der Waals surface area contributed by atoms with Gasteiger partial charge >= 0.3 is 0 Å². The van der Waals surface area contributed by atoms with Gasteiger partial charge in [-0.15, -0.1) is 11.8 Å². The Morgan fingerprint density at radius 1 is 0.750 bits per heavy atom. The average Bonchev–Trinajstić information content (AvgIpc) is 4.11. The van der Waals surface area contributed by atoms with Crippen molar-refractivity contribution in [3.05, 3.63) is 107 Å². The van der Waals surface area contributed by atoms with Crippen LogP contribution >= 0.6 is 11.8 Å². The van der Waals surface area contributed by atoms with Crippen molar-refractivity contribution in [2.45, 2.75) is 114 Å². The maximum atomic E-state index is 6.03. The first-order valence-electron chi connectivity index (χ1n) is 21.9. The van der Waals surface area contributed by atoms with Gasteiger partial charge in [0.2, 0.25) is 0 Å². The number of aryl methyl sites for hydroxylation is 1. The molecule has 0 amide bonds. The third kappa shape index (κ3) is 10.2. The van der Waals surface area contributed by atoms with Crippen LogP contribution in [0.1, 0.15) is 94.9 Å². The van der Waals surface area contributed by atoms with Gasteiger partial charge in [0, 0.05) is 79.8 Å². The van der Waals surface area contributed by atoms with Gasteiger partial charge in [0.1, 0.15) is 17.2 Å². The van der Waals surface area contributed by atoms with Crippen LogP contribution < -0.4 is 24.0 Å². The van der Waals surface area contributed by atoms with E-state index in [0.717, 1.165) is 91.6 Å². The van der Waals surface area contributed by atoms with Crippen LogP contribution in [0.4, 0.5) is 11.4 Å². The molecule has 1 saturated heterocycles. The quantitative estimate of drug-likeness (QED) is 0.0804. The van der Waals surface area contributed by atoms with Crippen molar-refractivity contribution in [2.24, 2.45) is 0 Å². The Morgan fingerprint density at radius 2 is 1.38 bits per heavy atom. The third-order valence-electron chi connectivity index (χ3n) is 12.1. The zero-order chi connectivity index (χ0) is 42.3. The van der Waals surface area contributed by atoms with Crippen LogP contribution in [0, 0.1) is 0 Å². The molecule has 0 radical (unpaired) electrons.